The van der Waals surface area contributed by atoms with Crippen molar-refractivity contribution >= 4 is 23.8 Å². The van der Waals surface area contributed by atoms with Gasteiger partial charge in [0.25, 0.3) is 0 Å². The maximum Gasteiger partial charge on any atom is 0.407 e. The van der Waals surface area contributed by atoms with Crippen LogP contribution in [0, 0.1) is 0 Å². The van der Waals surface area contributed by atoms with Crippen LogP contribution in [0.1, 0.15) is 17.0 Å². The molecule has 150 valence electrons. The molecule has 1 aliphatic rings. The van der Waals surface area contributed by atoms with Gasteiger partial charge >= 0.3 is 12.1 Å². The summed E-state index contributed by atoms with van der Waals surface area (Å²) in [4.78, 5) is 26.2. The molecule has 0 radical (unpaired) electrons. The summed E-state index contributed by atoms with van der Waals surface area (Å²) in [6.45, 7) is 0.384. The number of azide groups is 1. The predicted octanol–water partition coefficient (Wildman–Crippen LogP) is 4.02. The van der Waals surface area contributed by atoms with Gasteiger partial charge in [0.05, 0.1) is 0 Å². The Labute approximate surface area is 171 Å². The van der Waals surface area contributed by atoms with Crippen molar-refractivity contribution in [2.45, 2.75) is 12.0 Å². The van der Waals surface area contributed by atoms with Crippen molar-refractivity contribution in [3.8, 4) is 11.1 Å². The predicted molar refractivity (Wildman–Crippen MR) is 111 cm³/mol. The molecule has 0 aromatic heterocycles. The molecular weight excluding hydrogens is 392 g/mol. The number of alkyl carbamates (subject to hydrolysis) is 1. The second-order valence-electron chi connectivity index (χ2n) is 6.39. The number of nitrogens with one attached hydrogen (secondary N) is 1. The van der Waals surface area contributed by atoms with Crippen molar-refractivity contribution in [3.05, 3.63) is 70.1 Å². The van der Waals surface area contributed by atoms with E-state index in [2.05, 4.69) is 15.3 Å². The molecule has 2 aromatic carbocycles. The van der Waals surface area contributed by atoms with Gasteiger partial charge in [0, 0.05) is 23.1 Å². The van der Waals surface area contributed by atoms with Crippen molar-refractivity contribution < 1.29 is 19.4 Å². The molecule has 29 heavy (non-hydrogen) atoms. The van der Waals surface area contributed by atoms with Gasteiger partial charge in [-0.2, -0.15) is 11.8 Å². The molecule has 1 amide bonds. The van der Waals surface area contributed by atoms with E-state index < -0.39 is 18.1 Å². The Hall–Kier alpha value is -3.16. The largest absolute Gasteiger partial charge is 0.480 e. The summed E-state index contributed by atoms with van der Waals surface area (Å²) in [6.07, 6.45) is -0.769. The van der Waals surface area contributed by atoms with Gasteiger partial charge in [-0.15, -0.1) is 0 Å². The fourth-order valence-corrected chi connectivity index (χ4v) is 4.15. The summed E-state index contributed by atoms with van der Waals surface area (Å²) in [5.74, 6) is -0.606. The van der Waals surface area contributed by atoms with Crippen LogP contribution in [0.3, 0.4) is 0 Å². The van der Waals surface area contributed by atoms with Crippen molar-refractivity contribution in [1.29, 1.82) is 0 Å². The zero-order valence-corrected chi connectivity index (χ0v) is 16.3. The van der Waals surface area contributed by atoms with Gasteiger partial charge in [-0.05, 0) is 33.5 Å². The van der Waals surface area contributed by atoms with Gasteiger partial charge in [-0.3, -0.25) is 0 Å². The van der Waals surface area contributed by atoms with Crippen LogP contribution in [0.4, 0.5) is 4.79 Å². The lowest BCUT2D eigenvalue weighted by Crippen LogP contribution is -2.43. The van der Waals surface area contributed by atoms with E-state index >= 15 is 0 Å². The number of ether oxygens (including phenoxy) is 1. The van der Waals surface area contributed by atoms with Crippen LogP contribution in [-0.4, -0.2) is 47.9 Å². The first kappa shape index (κ1) is 20.6. The molecule has 0 heterocycles. The minimum atomic E-state index is -1.14. The molecule has 0 saturated carbocycles. The molecular formula is C20H20N4O4S. The quantitative estimate of drug-likeness (QED) is 0.278. The van der Waals surface area contributed by atoms with Crippen molar-refractivity contribution in [3.63, 3.8) is 0 Å². The molecule has 1 atom stereocenters. The number of hydrogen-bond acceptors (Lipinski definition) is 5. The number of carbonyl (C=O) groups is 2. The molecule has 9 heteroatoms. The normalized spacial score (nSPS) is 13.0. The van der Waals surface area contributed by atoms with Crippen molar-refractivity contribution in [2.24, 2.45) is 5.11 Å². The number of benzene rings is 2. The summed E-state index contributed by atoms with van der Waals surface area (Å²) in [6, 6.07) is 14.9. The third-order valence-electron chi connectivity index (χ3n) is 4.62. The maximum absolute atomic E-state index is 12.2. The minimum Gasteiger partial charge on any atom is -0.480 e. The third-order valence-corrected chi connectivity index (χ3v) is 5.66. The van der Waals surface area contributed by atoms with E-state index in [-0.39, 0.29) is 24.8 Å². The average Bonchev–Trinajstić information content (AvgIpc) is 3.05. The molecule has 2 N–H and O–H groups in total. The Morgan fingerprint density at radius 3 is 2.38 bits per heavy atom. The van der Waals surface area contributed by atoms with E-state index in [1.807, 2.05) is 48.5 Å². The number of aliphatic carboxylic acids is 1. The van der Waals surface area contributed by atoms with Gasteiger partial charge in [0.15, 0.2) is 0 Å². The van der Waals surface area contributed by atoms with E-state index in [4.69, 9.17) is 10.3 Å². The Balaban J connectivity index is 1.58. The summed E-state index contributed by atoms with van der Waals surface area (Å²) in [5.41, 5.74) is 12.7. The van der Waals surface area contributed by atoms with E-state index in [1.54, 1.807) is 0 Å². The zero-order chi connectivity index (χ0) is 20.6. The first-order valence-corrected chi connectivity index (χ1v) is 10.2. The number of thioether (sulfide) groups is 1. The van der Waals surface area contributed by atoms with E-state index in [0.717, 1.165) is 22.3 Å². The number of carboxylic acid groups (broad SMARTS) is 1. The number of hydrogen-bond donors (Lipinski definition) is 2. The number of fused-ring (bicyclic) bond motifs is 3. The molecule has 1 aliphatic carbocycles. The van der Waals surface area contributed by atoms with Gasteiger partial charge in [-0.1, -0.05) is 53.6 Å². The highest BCUT2D eigenvalue weighted by molar-refractivity contribution is 7.99. The number of carbonyl (C=O) groups excluding carboxylic acids is 1. The molecule has 0 fully saturated rings. The van der Waals surface area contributed by atoms with Crippen LogP contribution >= 0.6 is 11.8 Å². The number of nitrogens with zero attached hydrogens (tertiary/aromatic N) is 3. The molecule has 3 rings (SSSR count). The lowest BCUT2D eigenvalue weighted by Gasteiger charge is -2.17. The molecule has 0 spiro atoms. The lowest BCUT2D eigenvalue weighted by molar-refractivity contribution is -0.138. The van der Waals surface area contributed by atoms with Crippen molar-refractivity contribution in [2.75, 3.05) is 24.7 Å². The van der Waals surface area contributed by atoms with Gasteiger partial charge in [0.1, 0.15) is 12.6 Å². The smallest absolute Gasteiger partial charge is 0.407 e. The Morgan fingerprint density at radius 2 is 1.79 bits per heavy atom. The Bertz CT molecular complexity index is 900. The molecule has 2 aromatic rings. The first-order valence-electron chi connectivity index (χ1n) is 9.04. The molecule has 0 saturated heterocycles. The standard InChI is InChI=1S/C20H20N4O4S/c21-24-22-9-10-29-12-18(19(25)26)23-20(27)28-11-17-15-7-3-1-5-13(15)14-6-2-4-8-16(14)17/h1-8,17-18H,9-12H2,(H,23,27)(H,25,26)/t18-/m0/s1. The van der Waals surface area contributed by atoms with Gasteiger partial charge < -0.3 is 15.2 Å². The van der Waals surface area contributed by atoms with E-state index in [1.165, 1.54) is 11.8 Å². The molecule has 8 nitrogen and oxygen atoms in total. The fourth-order valence-electron chi connectivity index (χ4n) is 3.31. The van der Waals surface area contributed by atoms with Crippen LogP contribution in [0.2, 0.25) is 0 Å². The van der Waals surface area contributed by atoms with Crippen molar-refractivity contribution in [1.82, 2.24) is 5.32 Å². The summed E-state index contributed by atoms with van der Waals surface area (Å²) >= 11 is 1.28. The summed E-state index contributed by atoms with van der Waals surface area (Å²) in [7, 11) is 0. The Kier molecular flexibility index (Phi) is 6.99. The first-order chi connectivity index (χ1) is 14.1. The SMILES string of the molecule is [N-]=[N+]=NCCSC[C@H](NC(=O)OCC1c2ccccc2-c2ccccc21)C(=O)O. The molecule has 0 unspecified atom stereocenters. The highest BCUT2D eigenvalue weighted by atomic mass is 32.2. The highest BCUT2D eigenvalue weighted by Crippen LogP contribution is 2.44. The minimum absolute atomic E-state index is 0.0883. The number of amides is 1. The lowest BCUT2D eigenvalue weighted by atomic mass is 9.98. The van der Waals surface area contributed by atoms with E-state index in [9.17, 15) is 14.7 Å². The van der Waals surface area contributed by atoms with Gasteiger partial charge in [-0.25, -0.2) is 9.59 Å². The van der Waals surface area contributed by atoms with Crippen LogP contribution < -0.4 is 5.32 Å². The third kappa shape index (κ3) is 5.01. The van der Waals surface area contributed by atoms with Crippen LogP contribution in [0.5, 0.6) is 0 Å². The number of carboxylic acids is 1. The maximum atomic E-state index is 12.2. The highest BCUT2D eigenvalue weighted by Gasteiger charge is 2.29. The van der Waals surface area contributed by atoms with Gasteiger partial charge in [0.2, 0.25) is 0 Å². The molecule has 0 bridgehead atoms. The summed E-state index contributed by atoms with van der Waals surface area (Å²) in [5, 5.41) is 15.1. The monoisotopic (exact) mass is 412 g/mol. The molecule has 0 aliphatic heterocycles. The van der Waals surface area contributed by atoms with Crippen LogP contribution in [0.25, 0.3) is 21.6 Å². The Morgan fingerprint density at radius 1 is 1.17 bits per heavy atom. The second kappa shape index (κ2) is 9.86. The topological polar surface area (TPSA) is 124 Å². The fraction of sp³-hybridized carbons (Fsp3) is 0.300. The summed E-state index contributed by atoms with van der Waals surface area (Å²) < 4.78 is 5.38. The average molecular weight is 412 g/mol. The zero-order valence-electron chi connectivity index (χ0n) is 15.5. The van der Waals surface area contributed by atoms with Crippen LogP contribution in [0.15, 0.2) is 53.6 Å². The second-order valence-corrected chi connectivity index (χ2v) is 7.54. The number of rotatable bonds is 9. The van der Waals surface area contributed by atoms with Crippen LogP contribution in [-0.2, 0) is 9.53 Å². The van der Waals surface area contributed by atoms with E-state index in [0.29, 0.717) is 5.75 Å².